The Morgan fingerprint density at radius 2 is 2.40 bits per heavy atom. The van der Waals surface area contributed by atoms with Gasteiger partial charge in [-0.25, -0.2) is 4.73 Å². The lowest BCUT2D eigenvalue weighted by Gasteiger charge is -2.04. The number of rotatable bonds is 6. The van der Waals surface area contributed by atoms with Gasteiger partial charge < -0.3 is 9.94 Å². The van der Waals surface area contributed by atoms with E-state index in [1.54, 1.807) is 13.0 Å². The SMILES string of the molecule is C=CCCCCOc1cc[n+]([O-])c(C)n1. The second kappa shape index (κ2) is 6.01. The van der Waals surface area contributed by atoms with Gasteiger partial charge in [-0.2, -0.15) is 0 Å². The zero-order valence-corrected chi connectivity index (χ0v) is 8.98. The number of nitrogens with zero attached hydrogens (tertiary/aromatic N) is 2. The van der Waals surface area contributed by atoms with E-state index in [0.29, 0.717) is 23.0 Å². The number of aromatic nitrogens is 2. The predicted octanol–water partition coefficient (Wildman–Crippen LogP) is 1.76. The zero-order valence-electron chi connectivity index (χ0n) is 8.98. The molecule has 0 spiro atoms. The van der Waals surface area contributed by atoms with Crippen LogP contribution in [0.15, 0.2) is 24.9 Å². The Bertz CT molecular complexity index is 326. The first-order valence-corrected chi connectivity index (χ1v) is 5.04. The van der Waals surface area contributed by atoms with Crippen molar-refractivity contribution in [3.05, 3.63) is 35.9 Å². The molecule has 82 valence electrons. The highest BCUT2D eigenvalue weighted by molar-refractivity contribution is 5.04. The molecular formula is C11H16N2O2. The maximum Gasteiger partial charge on any atom is 0.331 e. The summed E-state index contributed by atoms with van der Waals surface area (Å²) in [7, 11) is 0. The molecule has 1 aromatic rings. The van der Waals surface area contributed by atoms with Gasteiger partial charge in [-0.05, 0) is 24.2 Å². The summed E-state index contributed by atoms with van der Waals surface area (Å²) in [5, 5.41) is 11.0. The van der Waals surface area contributed by atoms with Gasteiger partial charge in [0.15, 0.2) is 0 Å². The van der Waals surface area contributed by atoms with E-state index in [2.05, 4.69) is 11.6 Å². The summed E-state index contributed by atoms with van der Waals surface area (Å²) in [6.45, 7) is 5.93. The van der Waals surface area contributed by atoms with Crippen LogP contribution in [-0.4, -0.2) is 11.6 Å². The number of ether oxygens (including phenoxy) is 1. The maximum atomic E-state index is 11.0. The van der Waals surface area contributed by atoms with E-state index < -0.39 is 0 Å². The van der Waals surface area contributed by atoms with Gasteiger partial charge in [0.1, 0.15) is 6.20 Å². The summed E-state index contributed by atoms with van der Waals surface area (Å²) in [5.74, 6) is 0.914. The normalized spacial score (nSPS) is 9.93. The smallest absolute Gasteiger partial charge is 0.331 e. The van der Waals surface area contributed by atoms with Crippen LogP contribution in [0.3, 0.4) is 0 Å². The van der Waals surface area contributed by atoms with Crippen LogP contribution in [0.5, 0.6) is 5.88 Å². The van der Waals surface area contributed by atoms with Gasteiger partial charge in [0.05, 0.1) is 12.7 Å². The monoisotopic (exact) mass is 208 g/mol. The van der Waals surface area contributed by atoms with Crippen LogP contribution in [0.2, 0.25) is 0 Å². The second-order valence-electron chi connectivity index (χ2n) is 3.27. The van der Waals surface area contributed by atoms with E-state index in [1.807, 2.05) is 6.08 Å². The maximum absolute atomic E-state index is 11.0. The van der Waals surface area contributed by atoms with Crippen LogP contribution in [0.4, 0.5) is 0 Å². The third-order valence-electron chi connectivity index (χ3n) is 2.00. The average molecular weight is 208 g/mol. The van der Waals surface area contributed by atoms with Crippen LogP contribution in [-0.2, 0) is 0 Å². The van der Waals surface area contributed by atoms with Crippen LogP contribution in [0.25, 0.3) is 0 Å². The number of hydrogen-bond acceptors (Lipinski definition) is 3. The fraction of sp³-hybridized carbons (Fsp3) is 0.455. The van der Waals surface area contributed by atoms with Crippen molar-refractivity contribution < 1.29 is 9.47 Å². The van der Waals surface area contributed by atoms with E-state index >= 15 is 0 Å². The molecule has 0 aromatic carbocycles. The summed E-state index contributed by atoms with van der Waals surface area (Å²) in [5.41, 5.74) is 0. The molecule has 4 heteroatoms. The average Bonchev–Trinajstić information content (AvgIpc) is 2.23. The molecule has 0 unspecified atom stereocenters. The predicted molar refractivity (Wildman–Crippen MR) is 57.5 cm³/mol. The number of allylic oxidation sites excluding steroid dienone is 1. The lowest BCUT2D eigenvalue weighted by atomic mass is 10.2. The van der Waals surface area contributed by atoms with E-state index in [9.17, 15) is 5.21 Å². The van der Waals surface area contributed by atoms with Gasteiger partial charge in [0.25, 0.3) is 0 Å². The first-order chi connectivity index (χ1) is 7.24. The molecule has 0 saturated heterocycles. The molecule has 1 heterocycles. The van der Waals surface area contributed by atoms with E-state index in [4.69, 9.17) is 4.74 Å². The molecular weight excluding hydrogens is 192 g/mol. The van der Waals surface area contributed by atoms with Crippen molar-refractivity contribution >= 4 is 0 Å². The Morgan fingerprint density at radius 1 is 1.60 bits per heavy atom. The van der Waals surface area contributed by atoms with Gasteiger partial charge in [0, 0.05) is 6.92 Å². The lowest BCUT2D eigenvalue weighted by Crippen LogP contribution is -2.30. The van der Waals surface area contributed by atoms with Gasteiger partial charge in [0.2, 0.25) is 0 Å². The quantitative estimate of drug-likeness (QED) is 0.310. The molecule has 0 saturated carbocycles. The minimum atomic E-state index is 0.401. The molecule has 0 aliphatic carbocycles. The molecule has 0 fully saturated rings. The minimum absolute atomic E-state index is 0.401. The van der Waals surface area contributed by atoms with Gasteiger partial charge in [-0.15, -0.1) is 6.58 Å². The van der Waals surface area contributed by atoms with Crippen LogP contribution >= 0.6 is 0 Å². The third-order valence-corrected chi connectivity index (χ3v) is 2.00. The van der Waals surface area contributed by atoms with Gasteiger partial charge in [-0.3, -0.25) is 0 Å². The number of unbranched alkanes of at least 4 members (excludes halogenated alkanes) is 2. The highest BCUT2D eigenvalue weighted by Crippen LogP contribution is 2.05. The Kier molecular flexibility index (Phi) is 4.60. The first-order valence-electron chi connectivity index (χ1n) is 5.04. The van der Waals surface area contributed by atoms with E-state index in [1.165, 1.54) is 6.20 Å². The van der Waals surface area contributed by atoms with Crippen molar-refractivity contribution in [2.24, 2.45) is 0 Å². The fourth-order valence-corrected chi connectivity index (χ4v) is 1.13. The molecule has 0 bridgehead atoms. The minimum Gasteiger partial charge on any atom is -0.711 e. The summed E-state index contributed by atoms with van der Waals surface area (Å²) < 4.78 is 6.10. The van der Waals surface area contributed by atoms with Crippen LogP contribution < -0.4 is 9.47 Å². The molecule has 0 aliphatic rings. The number of aryl methyl sites for hydroxylation is 1. The van der Waals surface area contributed by atoms with Crippen molar-refractivity contribution in [1.82, 2.24) is 4.98 Å². The largest absolute Gasteiger partial charge is 0.711 e. The summed E-state index contributed by atoms with van der Waals surface area (Å²) in [6.07, 6.45) is 6.34. The van der Waals surface area contributed by atoms with Crippen LogP contribution in [0, 0.1) is 12.1 Å². The van der Waals surface area contributed by atoms with Gasteiger partial charge in [-0.1, -0.05) is 6.08 Å². The summed E-state index contributed by atoms with van der Waals surface area (Å²) >= 11 is 0. The van der Waals surface area contributed by atoms with E-state index in [-0.39, 0.29) is 0 Å². The second-order valence-corrected chi connectivity index (χ2v) is 3.27. The van der Waals surface area contributed by atoms with Crippen molar-refractivity contribution in [2.45, 2.75) is 26.2 Å². The lowest BCUT2D eigenvalue weighted by molar-refractivity contribution is -0.616. The fourth-order valence-electron chi connectivity index (χ4n) is 1.13. The molecule has 0 amide bonds. The zero-order chi connectivity index (χ0) is 11.1. The topological polar surface area (TPSA) is 49.1 Å². The van der Waals surface area contributed by atoms with Crippen LogP contribution in [0.1, 0.15) is 25.1 Å². The van der Waals surface area contributed by atoms with Crippen molar-refractivity contribution in [3.63, 3.8) is 0 Å². The van der Waals surface area contributed by atoms with Crippen molar-refractivity contribution in [1.29, 1.82) is 0 Å². The molecule has 15 heavy (non-hydrogen) atoms. The Labute approximate surface area is 89.8 Å². The Balaban J connectivity index is 2.31. The molecule has 0 aliphatic heterocycles. The van der Waals surface area contributed by atoms with E-state index in [0.717, 1.165) is 19.3 Å². The highest BCUT2D eigenvalue weighted by Gasteiger charge is 2.05. The summed E-state index contributed by atoms with van der Waals surface area (Å²) in [4.78, 5) is 4.00. The molecule has 1 aromatic heterocycles. The third kappa shape index (κ3) is 3.97. The van der Waals surface area contributed by atoms with Crippen molar-refractivity contribution in [2.75, 3.05) is 6.61 Å². The molecule has 0 atom stereocenters. The van der Waals surface area contributed by atoms with Gasteiger partial charge >= 0.3 is 11.7 Å². The number of hydrogen-bond donors (Lipinski definition) is 0. The molecule has 0 N–H and O–H groups in total. The Hall–Kier alpha value is -1.58. The Morgan fingerprint density at radius 3 is 3.07 bits per heavy atom. The molecule has 4 nitrogen and oxygen atoms in total. The highest BCUT2D eigenvalue weighted by atomic mass is 16.5. The molecule has 1 rings (SSSR count). The van der Waals surface area contributed by atoms with Crippen molar-refractivity contribution in [3.8, 4) is 5.88 Å². The summed E-state index contributed by atoms with van der Waals surface area (Å²) in [6, 6.07) is 1.58. The first kappa shape index (κ1) is 11.5. The standard InChI is InChI=1S/C11H16N2O2/c1-3-4-5-6-9-15-11-7-8-13(14)10(2)12-11/h3,7-8H,1,4-6,9H2,2H3. The molecule has 0 radical (unpaired) electrons.